The molecule has 15 amide bonds. The second-order valence-corrected chi connectivity index (χ2v) is 35.7. The molecule has 3 fully saturated rings. The Bertz CT molecular complexity index is 5240. The number of rotatable bonds is 22. The quantitative estimate of drug-likeness (QED) is 0.0461. The average Bonchev–Trinajstić information content (AvgIpc) is 1.52. The Labute approximate surface area is 776 Å². The molecule has 133 heavy (non-hydrogen) atoms. The summed E-state index contributed by atoms with van der Waals surface area (Å²) in [6.07, 6.45) is 1.92. The summed E-state index contributed by atoms with van der Waals surface area (Å²) in [5, 5.41) is 56.4. The highest BCUT2D eigenvalue weighted by atomic mass is 32.2. The number of phenols is 2. The van der Waals surface area contributed by atoms with E-state index in [1.807, 2.05) is 6.92 Å². The molecule has 7 aromatic rings. The van der Waals surface area contributed by atoms with Gasteiger partial charge in [-0.2, -0.15) is 0 Å². The van der Waals surface area contributed by atoms with Crippen molar-refractivity contribution in [2.75, 3.05) is 52.3 Å². The van der Waals surface area contributed by atoms with Crippen LogP contribution in [0.3, 0.4) is 0 Å². The summed E-state index contributed by atoms with van der Waals surface area (Å²) in [6.45, 7) is 5.93. The van der Waals surface area contributed by atoms with Gasteiger partial charge in [0.1, 0.15) is 90.0 Å². The topological polar surface area (TPSA) is 500 Å². The van der Waals surface area contributed by atoms with Crippen LogP contribution in [0.1, 0.15) is 132 Å². The minimum absolute atomic E-state index is 0.0178. The van der Waals surface area contributed by atoms with Gasteiger partial charge < -0.3 is 98.4 Å². The molecule has 4 heterocycles. The predicted molar refractivity (Wildman–Crippen MR) is 496 cm³/mol. The van der Waals surface area contributed by atoms with Crippen LogP contribution in [-0.2, 0) is 115 Å². The number of amides is 15. The maximum atomic E-state index is 15.9. The van der Waals surface area contributed by atoms with Gasteiger partial charge in [-0.05, 0) is 128 Å². The van der Waals surface area contributed by atoms with E-state index in [9.17, 15) is 44.1 Å². The third-order valence-corrected chi connectivity index (χ3v) is 25.2. The van der Waals surface area contributed by atoms with Crippen molar-refractivity contribution in [1.29, 1.82) is 0 Å². The number of carboxylic acids is 1. The Morgan fingerprint density at radius 1 is 0.466 bits per heavy atom. The maximum absolute atomic E-state index is 15.9. The van der Waals surface area contributed by atoms with Crippen molar-refractivity contribution in [3.05, 3.63) is 203 Å². The number of likely N-dealkylation sites (N-methyl/N-ethyl adjacent to an activating group) is 3. The molecule has 0 spiro atoms. The number of carbonyl (C=O) groups is 16. The lowest BCUT2D eigenvalue weighted by Crippen LogP contribution is -2.63. The third kappa shape index (κ3) is 28.9. The second kappa shape index (κ2) is 49.0. The number of hydrogen-bond acceptors (Lipinski definition) is 19. The lowest BCUT2D eigenvalue weighted by atomic mass is 9.96. The van der Waals surface area contributed by atoms with Gasteiger partial charge in [0.05, 0.1) is 18.7 Å². The first kappa shape index (κ1) is 101. The van der Waals surface area contributed by atoms with Crippen LogP contribution in [0.25, 0.3) is 10.9 Å². The van der Waals surface area contributed by atoms with Crippen LogP contribution < -0.4 is 53.6 Å². The molecule has 0 bridgehead atoms. The number of carbonyl (C=O) groups excluding carboxylic acids is 15. The zero-order valence-corrected chi connectivity index (χ0v) is 76.7. The highest BCUT2D eigenvalue weighted by Gasteiger charge is 2.45. The van der Waals surface area contributed by atoms with E-state index in [0.717, 1.165) is 16.7 Å². The fraction of sp³-hybridized carbons (Fsp3) is 0.443. The molecule has 35 nitrogen and oxygen atoms in total. The molecule has 3 aliphatic rings. The third-order valence-electron chi connectivity index (χ3n) is 24.2. The van der Waals surface area contributed by atoms with Crippen LogP contribution in [0.2, 0.25) is 0 Å². The smallest absolute Gasteiger partial charge is 0.305 e. The number of benzene rings is 6. The number of piperidine rings is 2. The molecule has 710 valence electrons. The highest BCUT2D eigenvalue weighted by Crippen LogP contribution is 2.28. The molecule has 3 aliphatic heterocycles. The number of carboxylic acid groups (broad SMARTS) is 1. The largest absolute Gasteiger partial charge is 0.508 e. The SMILES string of the molecule is CCCC[C@H]1C(=O)N2CCCC[C@@H]2C(=O)N[C@@H](CC(=O)O)C(=O)N[C@@H](C)C(=O)N(C)[C@@H](Cc2ccccc2)C(=O)N[C@@H](Cc2ccc(O)cc2)C(=O)N2CCCC[C@@H]2C(=O)N[C@H](Cc2c[nH]c3ccccc23)C(=O)N[C@@H](Cc2ccc(O)cc2)C(=O)N[C@@H](CC(C)C)C(=O)N[C@H](C(=O)NCC(N)=O)CSCC(=O)N[C@@H](Cc2ccccc2)C(=O)N(C)[C@@H](Cc2ccccc2)C(=O)N1C. The summed E-state index contributed by atoms with van der Waals surface area (Å²) in [7, 11) is 4.10. The van der Waals surface area contributed by atoms with Crippen LogP contribution in [0, 0.1) is 5.92 Å². The lowest BCUT2D eigenvalue weighted by molar-refractivity contribution is -0.154. The van der Waals surface area contributed by atoms with Gasteiger partial charge >= 0.3 is 5.97 Å². The number of fused-ring (bicyclic) bond motifs is 3. The average molecular weight is 1850 g/mol. The molecule has 1 aromatic heterocycles. The Hall–Kier alpha value is -13.7. The van der Waals surface area contributed by atoms with Gasteiger partial charge in [-0.1, -0.05) is 167 Å². The fourth-order valence-electron chi connectivity index (χ4n) is 16.9. The van der Waals surface area contributed by atoms with Gasteiger partial charge in [0.2, 0.25) is 88.6 Å². The molecular weight excluding hydrogens is 1730 g/mol. The van der Waals surface area contributed by atoms with Crippen LogP contribution in [0.5, 0.6) is 11.5 Å². The monoisotopic (exact) mass is 1850 g/mol. The van der Waals surface area contributed by atoms with Gasteiger partial charge in [-0.25, -0.2) is 0 Å². The summed E-state index contributed by atoms with van der Waals surface area (Å²) >= 11 is 0.842. The number of aromatic nitrogens is 1. The number of aromatic amines is 1. The number of nitrogens with two attached hydrogens (primary N) is 1. The van der Waals surface area contributed by atoms with Crippen LogP contribution >= 0.6 is 11.8 Å². The number of nitrogens with zero attached hydrogens (tertiary/aromatic N) is 5. The van der Waals surface area contributed by atoms with E-state index in [-0.39, 0.29) is 100 Å². The number of aromatic hydroxyl groups is 2. The molecule has 0 unspecified atom stereocenters. The van der Waals surface area contributed by atoms with E-state index in [4.69, 9.17) is 5.73 Å². The van der Waals surface area contributed by atoms with Gasteiger partial charge in [-0.15, -0.1) is 11.8 Å². The van der Waals surface area contributed by atoms with Crippen molar-refractivity contribution in [1.82, 2.24) is 77.3 Å². The zero-order chi connectivity index (χ0) is 96.1. The number of aliphatic carboxylic acids is 1. The Balaban J connectivity index is 1.05. The molecule has 10 rings (SSSR count). The van der Waals surface area contributed by atoms with Gasteiger partial charge in [-0.3, -0.25) is 76.7 Å². The van der Waals surface area contributed by atoms with Crippen LogP contribution in [-0.4, -0.2) is 270 Å². The number of hydrogen-bond donors (Lipinski definition) is 14. The van der Waals surface area contributed by atoms with E-state index in [1.54, 1.807) is 135 Å². The molecule has 3 saturated heterocycles. The van der Waals surface area contributed by atoms with Crippen molar-refractivity contribution >= 4 is 117 Å². The van der Waals surface area contributed by atoms with Gasteiger partial charge in [0.15, 0.2) is 0 Å². The molecule has 0 aliphatic carbocycles. The summed E-state index contributed by atoms with van der Waals surface area (Å²) in [5.74, 6) is -16.0. The molecule has 13 atom stereocenters. The Morgan fingerprint density at radius 2 is 0.917 bits per heavy atom. The van der Waals surface area contributed by atoms with E-state index >= 15 is 47.9 Å². The zero-order valence-electron chi connectivity index (χ0n) is 75.9. The number of unbranched alkanes of at least 4 members (excludes halogenated alkanes) is 1. The fourth-order valence-corrected chi connectivity index (χ4v) is 17.8. The van der Waals surface area contributed by atoms with Crippen LogP contribution in [0.15, 0.2) is 170 Å². The van der Waals surface area contributed by atoms with Gasteiger partial charge in [0.25, 0.3) is 0 Å². The maximum Gasteiger partial charge on any atom is 0.305 e. The summed E-state index contributed by atoms with van der Waals surface area (Å²) in [4.78, 5) is 248. The Kier molecular flexibility index (Phi) is 37.4. The first-order valence-corrected chi connectivity index (χ1v) is 46.2. The standard InChI is InChI=1S/C97H122N16O19S/c1-8-9-33-79-97(132)113-45-24-22-35-78(113)91(126)106-73(53-84(118)119)86(121)101-59(4)93(128)110(6)80(50-61-27-15-11-16-28-61)92(127)107-75(49-64-38-42-67(115)43-39-64)95(130)112-44-23-21-34-77(112)90(125)105-72(52-65-54-99-69-32-20-19-31-68(65)69)89(124)104-71(47-63-36-40-66(114)41-37-63)88(123)103-70(46-58(2)3)87(122)108-76(85(120)100-55-82(98)116)56-133-57-83(117)102-74(48-60-25-13-10-14-26-60)94(129)111(7)81(96(131)109(79)5)51-62-29-17-12-18-30-62/h10-20,25-32,36-43,54,58-59,70-81,99,114-115H,8-9,21-24,33-35,44-53,55-57H2,1-7H3,(H2,98,116)(H,100,120)(H,101,121)(H,102,117)(H,103,123)(H,104,124)(H,105,125)(H,106,126)(H,107,127)(H,108,122)(H,118,119)/t59-,70-,71-,72+,73-,74-,75-,76-,77+,78+,79-,80-,81-/m0/s1. The number of para-hydroxylation sites is 1. The minimum Gasteiger partial charge on any atom is -0.508 e. The summed E-state index contributed by atoms with van der Waals surface area (Å²) in [6, 6.07) is 25.2. The van der Waals surface area contributed by atoms with Crippen LogP contribution in [0.4, 0.5) is 0 Å². The van der Waals surface area contributed by atoms with E-state index in [2.05, 4.69) is 52.8 Å². The molecule has 36 heteroatoms. The van der Waals surface area contributed by atoms with Crippen molar-refractivity contribution < 1.29 is 92.0 Å². The molecule has 0 radical (unpaired) electrons. The number of nitrogens with one attached hydrogen (secondary N) is 10. The predicted octanol–water partition coefficient (Wildman–Crippen LogP) is 3.54. The lowest BCUT2D eigenvalue weighted by Gasteiger charge is -2.41. The van der Waals surface area contributed by atoms with Crippen molar-refractivity contribution in [3.63, 3.8) is 0 Å². The summed E-state index contributed by atoms with van der Waals surface area (Å²) < 4.78 is 0. The molecule has 6 aromatic carbocycles. The molecule has 0 saturated carbocycles. The number of primary amides is 1. The van der Waals surface area contributed by atoms with E-state index < -0.39 is 192 Å². The minimum atomic E-state index is -1.88. The molecule has 15 N–H and O–H groups in total. The van der Waals surface area contributed by atoms with Gasteiger partial charge in [0, 0.05) is 95.6 Å². The second-order valence-electron chi connectivity index (χ2n) is 34.6. The van der Waals surface area contributed by atoms with E-state index in [1.165, 1.54) is 96.2 Å². The van der Waals surface area contributed by atoms with Crippen molar-refractivity contribution in [3.8, 4) is 11.5 Å². The number of phenolic OH excluding ortho intramolecular Hbond substituents is 2. The van der Waals surface area contributed by atoms with Crippen molar-refractivity contribution in [2.45, 2.75) is 215 Å². The normalized spacial score (nSPS) is 23.7. The molecular formula is C97H122N16O19S. The summed E-state index contributed by atoms with van der Waals surface area (Å²) in [5.41, 5.74) is 9.27. The number of H-pyrrole nitrogens is 1. The number of thioether (sulfide) groups is 1. The van der Waals surface area contributed by atoms with Crippen molar-refractivity contribution in [2.24, 2.45) is 11.7 Å². The van der Waals surface area contributed by atoms with E-state index in [0.29, 0.717) is 82.8 Å². The highest BCUT2D eigenvalue weighted by molar-refractivity contribution is 8.00. The first-order chi connectivity index (χ1) is 63.6. The first-order valence-electron chi connectivity index (χ1n) is 45.1. The Morgan fingerprint density at radius 3 is 1.47 bits per heavy atom.